The highest BCUT2D eigenvalue weighted by Crippen LogP contribution is 2.14. The van der Waals surface area contributed by atoms with E-state index in [-0.39, 0.29) is 0 Å². The lowest BCUT2D eigenvalue weighted by Gasteiger charge is -2.22. The second-order valence-corrected chi connectivity index (χ2v) is 5.61. The van der Waals surface area contributed by atoms with Gasteiger partial charge < -0.3 is 0 Å². The quantitative estimate of drug-likeness (QED) is 0.732. The van der Waals surface area contributed by atoms with E-state index in [1.54, 1.807) is 0 Å². The lowest BCUT2D eigenvalue weighted by molar-refractivity contribution is 0.257. The summed E-state index contributed by atoms with van der Waals surface area (Å²) in [5, 5.41) is 0. The largest absolute Gasteiger partial charge is 0.295 e. The Hall–Kier alpha value is -1.60. The van der Waals surface area contributed by atoms with Crippen LogP contribution >= 0.6 is 0 Å². The van der Waals surface area contributed by atoms with Crippen molar-refractivity contribution in [2.75, 3.05) is 6.54 Å². The summed E-state index contributed by atoms with van der Waals surface area (Å²) in [7, 11) is 0. The molecular formula is C19H25N. The molecule has 0 unspecified atom stereocenters. The van der Waals surface area contributed by atoms with Crippen LogP contribution in [0.15, 0.2) is 48.5 Å². The highest BCUT2D eigenvalue weighted by Gasteiger charge is 2.06. The molecule has 0 atom stereocenters. The normalized spacial score (nSPS) is 11.0. The van der Waals surface area contributed by atoms with Gasteiger partial charge in [-0.15, -0.1) is 0 Å². The van der Waals surface area contributed by atoms with Crippen molar-refractivity contribution in [3.05, 3.63) is 70.8 Å². The molecule has 0 amide bonds. The van der Waals surface area contributed by atoms with Crippen LogP contribution in [0, 0.1) is 13.8 Å². The van der Waals surface area contributed by atoms with Crippen molar-refractivity contribution < 1.29 is 0 Å². The van der Waals surface area contributed by atoms with Gasteiger partial charge in [-0.25, -0.2) is 0 Å². The molecule has 0 saturated heterocycles. The van der Waals surface area contributed by atoms with Gasteiger partial charge in [-0.2, -0.15) is 0 Å². The van der Waals surface area contributed by atoms with Crippen LogP contribution in [0.5, 0.6) is 0 Å². The van der Waals surface area contributed by atoms with Crippen molar-refractivity contribution >= 4 is 0 Å². The Bertz CT molecular complexity index is 531. The van der Waals surface area contributed by atoms with Gasteiger partial charge in [0, 0.05) is 13.1 Å². The lowest BCUT2D eigenvalue weighted by Crippen LogP contribution is -2.23. The minimum atomic E-state index is 1.03. The van der Waals surface area contributed by atoms with Crippen molar-refractivity contribution in [3.63, 3.8) is 0 Å². The molecule has 0 bridgehead atoms. The van der Waals surface area contributed by atoms with Gasteiger partial charge in [-0.3, -0.25) is 4.90 Å². The molecule has 0 aliphatic rings. The van der Waals surface area contributed by atoms with Crippen LogP contribution < -0.4 is 0 Å². The molecular weight excluding hydrogens is 242 g/mol. The first-order chi connectivity index (χ1) is 9.69. The molecule has 0 heterocycles. The maximum atomic E-state index is 2.53. The Balaban J connectivity index is 2.06. The Morgan fingerprint density at radius 1 is 0.800 bits per heavy atom. The van der Waals surface area contributed by atoms with E-state index in [0.717, 1.165) is 19.6 Å². The van der Waals surface area contributed by atoms with Crippen LogP contribution in [0.25, 0.3) is 0 Å². The third kappa shape index (κ3) is 4.21. The fraction of sp³-hybridized carbons (Fsp3) is 0.368. The number of nitrogens with zero attached hydrogens (tertiary/aromatic N) is 1. The zero-order valence-electron chi connectivity index (χ0n) is 12.9. The standard InChI is InChI=1S/C19H25N/c1-4-12-20(14-18-8-6-5-7-9-18)15-19-11-10-16(2)17(3)13-19/h5-11,13H,4,12,14-15H2,1-3H3. The molecule has 20 heavy (non-hydrogen) atoms. The molecule has 0 fully saturated rings. The first kappa shape index (κ1) is 14.8. The molecule has 0 radical (unpaired) electrons. The maximum Gasteiger partial charge on any atom is 0.0237 e. The third-order valence-corrected chi connectivity index (χ3v) is 3.77. The monoisotopic (exact) mass is 267 g/mol. The van der Waals surface area contributed by atoms with Crippen LogP contribution in [0.2, 0.25) is 0 Å². The molecule has 1 nitrogen and oxygen atoms in total. The minimum Gasteiger partial charge on any atom is -0.295 e. The number of aryl methyl sites for hydroxylation is 2. The summed E-state index contributed by atoms with van der Waals surface area (Å²) >= 11 is 0. The fourth-order valence-electron chi connectivity index (χ4n) is 2.53. The van der Waals surface area contributed by atoms with E-state index in [1.807, 2.05) is 0 Å². The number of hydrogen-bond donors (Lipinski definition) is 0. The molecule has 2 rings (SSSR count). The minimum absolute atomic E-state index is 1.03. The van der Waals surface area contributed by atoms with Gasteiger partial charge >= 0.3 is 0 Å². The first-order valence-electron chi connectivity index (χ1n) is 7.51. The molecule has 0 spiro atoms. The van der Waals surface area contributed by atoms with Crippen molar-refractivity contribution in [1.82, 2.24) is 4.90 Å². The molecule has 106 valence electrons. The van der Waals surface area contributed by atoms with Crippen LogP contribution in [0.1, 0.15) is 35.6 Å². The molecule has 2 aromatic carbocycles. The van der Waals surface area contributed by atoms with E-state index in [0.29, 0.717) is 0 Å². The average molecular weight is 267 g/mol. The van der Waals surface area contributed by atoms with Gasteiger partial charge in [0.15, 0.2) is 0 Å². The van der Waals surface area contributed by atoms with Crippen molar-refractivity contribution in [3.8, 4) is 0 Å². The van der Waals surface area contributed by atoms with Gasteiger partial charge in [-0.05, 0) is 49.1 Å². The summed E-state index contributed by atoms with van der Waals surface area (Å²) in [5.41, 5.74) is 5.57. The predicted octanol–water partition coefficient (Wildman–Crippen LogP) is 4.72. The Kier molecular flexibility index (Phi) is 5.37. The average Bonchev–Trinajstić information content (AvgIpc) is 2.44. The predicted molar refractivity (Wildman–Crippen MR) is 86.8 cm³/mol. The van der Waals surface area contributed by atoms with Crippen LogP contribution in [0.3, 0.4) is 0 Å². The van der Waals surface area contributed by atoms with Crippen molar-refractivity contribution in [2.45, 2.75) is 40.3 Å². The number of rotatable bonds is 6. The van der Waals surface area contributed by atoms with E-state index >= 15 is 0 Å². The topological polar surface area (TPSA) is 3.24 Å². The van der Waals surface area contributed by atoms with Crippen LogP contribution in [-0.4, -0.2) is 11.4 Å². The maximum absolute atomic E-state index is 2.53. The highest BCUT2D eigenvalue weighted by molar-refractivity contribution is 5.30. The summed E-state index contributed by atoms with van der Waals surface area (Å²) in [4.78, 5) is 2.53. The van der Waals surface area contributed by atoms with Gasteiger partial charge in [0.05, 0.1) is 0 Å². The van der Waals surface area contributed by atoms with Crippen molar-refractivity contribution in [2.24, 2.45) is 0 Å². The summed E-state index contributed by atoms with van der Waals surface area (Å²) in [6, 6.07) is 17.6. The van der Waals surface area contributed by atoms with Gasteiger partial charge in [-0.1, -0.05) is 55.5 Å². The number of benzene rings is 2. The molecule has 0 aliphatic carbocycles. The molecule has 1 heteroatoms. The van der Waals surface area contributed by atoms with Crippen LogP contribution in [0.4, 0.5) is 0 Å². The van der Waals surface area contributed by atoms with E-state index in [1.165, 1.54) is 28.7 Å². The second kappa shape index (κ2) is 7.25. The lowest BCUT2D eigenvalue weighted by atomic mass is 10.1. The Morgan fingerprint density at radius 3 is 2.15 bits per heavy atom. The molecule has 2 aromatic rings. The zero-order chi connectivity index (χ0) is 14.4. The summed E-state index contributed by atoms with van der Waals surface area (Å²) < 4.78 is 0. The van der Waals surface area contributed by atoms with E-state index in [2.05, 4.69) is 74.2 Å². The Labute approximate surface area is 123 Å². The Morgan fingerprint density at radius 2 is 1.50 bits per heavy atom. The molecule has 0 aliphatic heterocycles. The van der Waals surface area contributed by atoms with Gasteiger partial charge in [0.1, 0.15) is 0 Å². The molecule has 0 N–H and O–H groups in total. The van der Waals surface area contributed by atoms with E-state index in [4.69, 9.17) is 0 Å². The van der Waals surface area contributed by atoms with Crippen molar-refractivity contribution in [1.29, 1.82) is 0 Å². The summed E-state index contributed by atoms with van der Waals surface area (Å²) in [5.74, 6) is 0. The first-order valence-corrected chi connectivity index (χ1v) is 7.51. The molecule has 0 saturated carbocycles. The number of hydrogen-bond acceptors (Lipinski definition) is 1. The van der Waals surface area contributed by atoms with Gasteiger partial charge in [0.2, 0.25) is 0 Å². The van der Waals surface area contributed by atoms with Gasteiger partial charge in [0.25, 0.3) is 0 Å². The van der Waals surface area contributed by atoms with Crippen LogP contribution in [-0.2, 0) is 13.1 Å². The third-order valence-electron chi connectivity index (χ3n) is 3.77. The van der Waals surface area contributed by atoms with E-state index in [9.17, 15) is 0 Å². The zero-order valence-corrected chi connectivity index (χ0v) is 12.9. The smallest absolute Gasteiger partial charge is 0.0237 e. The highest BCUT2D eigenvalue weighted by atomic mass is 15.1. The van der Waals surface area contributed by atoms with E-state index < -0.39 is 0 Å². The summed E-state index contributed by atoms with van der Waals surface area (Å²) in [6.45, 7) is 9.82. The molecule has 0 aromatic heterocycles. The fourth-order valence-corrected chi connectivity index (χ4v) is 2.53. The summed E-state index contributed by atoms with van der Waals surface area (Å²) in [6.07, 6.45) is 1.19. The second-order valence-electron chi connectivity index (χ2n) is 5.61. The SMILES string of the molecule is CCCN(Cc1ccccc1)Cc1ccc(C)c(C)c1.